The number of β-amino-alcohol motifs (C(OH)–C–C–N with tert-alkyl or cyclic N) is 1. The number of allylic oxidation sites excluding steroid dienone is 1. The molecule has 1 N–H and O–H groups in total. The SMILES string of the molecule is C=CC1=CCCN(CC(O)(/C(=C/C)c2ccc(C)cc2C)C(F)(F)F)C1. The third-order valence-electron chi connectivity index (χ3n) is 4.85. The molecule has 142 valence electrons. The van der Waals surface area contributed by atoms with Crippen molar-refractivity contribution in [1.29, 1.82) is 0 Å². The van der Waals surface area contributed by atoms with Crippen LogP contribution in [0.3, 0.4) is 0 Å². The van der Waals surface area contributed by atoms with Gasteiger partial charge in [0.2, 0.25) is 0 Å². The maximum Gasteiger partial charge on any atom is 0.422 e. The van der Waals surface area contributed by atoms with E-state index in [9.17, 15) is 18.3 Å². The first-order chi connectivity index (χ1) is 12.1. The first kappa shape index (κ1) is 20.5. The Morgan fingerprint density at radius 3 is 2.54 bits per heavy atom. The maximum atomic E-state index is 14.0. The first-order valence-corrected chi connectivity index (χ1v) is 8.69. The molecule has 2 nitrogen and oxygen atoms in total. The fraction of sp³-hybridized carbons (Fsp3) is 0.429. The van der Waals surface area contributed by atoms with Crippen molar-refractivity contribution in [2.24, 2.45) is 0 Å². The molecule has 5 heteroatoms. The van der Waals surface area contributed by atoms with Gasteiger partial charge in [-0.2, -0.15) is 13.2 Å². The average Bonchev–Trinajstić information content (AvgIpc) is 2.56. The molecule has 1 aliphatic heterocycles. The molecule has 0 fully saturated rings. The van der Waals surface area contributed by atoms with Crippen LogP contribution in [0.5, 0.6) is 0 Å². The molecule has 1 unspecified atom stereocenters. The number of aryl methyl sites for hydroxylation is 2. The summed E-state index contributed by atoms with van der Waals surface area (Å²) in [4.78, 5) is 1.64. The second-order valence-corrected chi connectivity index (χ2v) is 6.86. The predicted molar refractivity (Wildman–Crippen MR) is 99.9 cm³/mol. The van der Waals surface area contributed by atoms with Crippen LogP contribution >= 0.6 is 0 Å². The Bertz CT molecular complexity index is 733. The van der Waals surface area contributed by atoms with Crippen LogP contribution in [-0.2, 0) is 0 Å². The van der Waals surface area contributed by atoms with Crippen LogP contribution in [0.15, 0.2) is 48.6 Å². The minimum Gasteiger partial charge on any atom is -0.375 e. The van der Waals surface area contributed by atoms with E-state index >= 15 is 0 Å². The van der Waals surface area contributed by atoms with E-state index in [4.69, 9.17) is 0 Å². The molecule has 0 bridgehead atoms. The topological polar surface area (TPSA) is 23.5 Å². The molecule has 2 rings (SSSR count). The summed E-state index contributed by atoms with van der Waals surface area (Å²) >= 11 is 0. The molecular formula is C21H26F3NO. The highest BCUT2D eigenvalue weighted by molar-refractivity contribution is 5.75. The van der Waals surface area contributed by atoms with Crippen molar-refractivity contribution in [1.82, 2.24) is 4.90 Å². The van der Waals surface area contributed by atoms with Crippen LogP contribution in [0.4, 0.5) is 13.2 Å². The fourth-order valence-corrected chi connectivity index (χ4v) is 3.50. The van der Waals surface area contributed by atoms with Crippen molar-refractivity contribution in [2.45, 2.75) is 39.0 Å². The first-order valence-electron chi connectivity index (χ1n) is 8.69. The Balaban J connectivity index is 2.45. The van der Waals surface area contributed by atoms with Gasteiger partial charge in [0, 0.05) is 19.6 Å². The number of rotatable bonds is 5. The normalized spacial score (nSPS) is 19.0. The molecule has 1 aliphatic rings. The Labute approximate surface area is 153 Å². The van der Waals surface area contributed by atoms with Gasteiger partial charge in [0.25, 0.3) is 0 Å². The zero-order valence-corrected chi connectivity index (χ0v) is 15.5. The summed E-state index contributed by atoms with van der Waals surface area (Å²) in [6, 6.07) is 5.25. The lowest BCUT2D eigenvalue weighted by Gasteiger charge is -2.39. The molecular weight excluding hydrogens is 339 g/mol. The van der Waals surface area contributed by atoms with Gasteiger partial charge in [-0.15, -0.1) is 0 Å². The molecule has 0 aliphatic carbocycles. The minimum atomic E-state index is -4.79. The Kier molecular flexibility index (Phi) is 6.14. The maximum absolute atomic E-state index is 14.0. The number of hydrogen-bond donors (Lipinski definition) is 1. The van der Waals surface area contributed by atoms with Gasteiger partial charge in [-0.05, 0) is 49.5 Å². The number of benzene rings is 1. The molecule has 1 atom stereocenters. The van der Waals surface area contributed by atoms with Crippen molar-refractivity contribution in [3.63, 3.8) is 0 Å². The molecule has 0 amide bonds. The van der Waals surface area contributed by atoms with Crippen LogP contribution in [0.2, 0.25) is 0 Å². The van der Waals surface area contributed by atoms with E-state index < -0.39 is 18.3 Å². The molecule has 0 spiro atoms. The average molecular weight is 365 g/mol. The van der Waals surface area contributed by atoms with Crippen LogP contribution in [-0.4, -0.2) is 41.4 Å². The van der Waals surface area contributed by atoms with E-state index in [1.807, 2.05) is 19.1 Å². The molecule has 1 heterocycles. The summed E-state index contributed by atoms with van der Waals surface area (Å²) in [5, 5.41) is 10.9. The lowest BCUT2D eigenvalue weighted by atomic mass is 9.84. The lowest BCUT2D eigenvalue weighted by molar-refractivity contribution is -0.239. The number of nitrogens with zero attached hydrogens (tertiary/aromatic N) is 1. The molecule has 1 aromatic carbocycles. The second-order valence-electron chi connectivity index (χ2n) is 6.86. The van der Waals surface area contributed by atoms with Crippen LogP contribution in [0, 0.1) is 13.8 Å². The van der Waals surface area contributed by atoms with Crippen molar-refractivity contribution < 1.29 is 18.3 Å². The molecule has 26 heavy (non-hydrogen) atoms. The number of aliphatic hydroxyl groups is 1. The van der Waals surface area contributed by atoms with Gasteiger partial charge in [-0.3, -0.25) is 4.90 Å². The third-order valence-corrected chi connectivity index (χ3v) is 4.85. The summed E-state index contributed by atoms with van der Waals surface area (Å²) in [7, 11) is 0. The smallest absolute Gasteiger partial charge is 0.375 e. The van der Waals surface area contributed by atoms with E-state index in [2.05, 4.69) is 6.58 Å². The number of hydrogen-bond acceptors (Lipinski definition) is 2. The summed E-state index contributed by atoms with van der Waals surface area (Å²) < 4.78 is 42.1. The zero-order valence-electron chi connectivity index (χ0n) is 15.5. The second kappa shape index (κ2) is 7.80. The monoisotopic (exact) mass is 365 g/mol. The molecule has 0 aromatic heterocycles. The van der Waals surface area contributed by atoms with Gasteiger partial charge < -0.3 is 5.11 Å². The third kappa shape index (κ3) is 4.10. The van der Waals surface area contributed by atoms with E-state index in [0.717, 1.165) is 11.1 Å². The highest BCUT2D eigenvalue weighted by Crippen LogP contribution is 2.42. The highest BCUT2D eigenvalue weighted by atomic mass is 19.4. The van der Waals surface area contributed by atoms with Crippen LogP contribution in [0.25, 0.3) is 5.57 Å². The van der Waals surface area contributed by atoms with Crippen molar-refractivity contribution in [2.75, 3.05) is 19.6 Å². The van der Waals surface area contributed by atoms with Crippen molar-refractivity contribution >= 4 is 5.57 Å². The van der Waals surface area contributed by atoms with Gasteiger partial charge in [0.15, 0.2) is 5.60 Å². The van der Waals surface area contributed by atoms with Crippen molar-refractivity contribution in [3.8, 4) is 0 Å². The number of alkyl halides is 3. The van der Waals surface area contributed by atoms with Crippen LogP contribution < -0.4 is 0 Å². The van der Waals surface area contributed by atoms with E-state index in [-0.39, 0.29) is 5.57 Å². The van der Waals surface area contributed by atoms with Gasteiger partial charge >= 0.3 is 6.18 Å². The summed E-state index contributed by atoms with van der Waals surface area (Å²) in [5.41, 5.74) is -0.0492. The van der Waals surface area contributed by atoms with Gasteiger partial charge in [0.05, 0.1) is 0 Å². The van der Waals surface area contributed by atoms with Gasteiger partial charge in [0.1, 0.15) is 0 Å². The zero-order chi connectivity index (χ0) is 19.5. The van der Waals surface area contributed by atoms with E-state index in [1.54, 1.807) is 30.0 Å². The van der Waals surface area contributed by atoms with E-state index in [1.165, 1.54) is 13.0 Å². The lowest BCUT2D eigenvalue weighted by Crippen LogP contribution is -2.55. The summed E-state index contributed by atoms with van der Waals surface area (Å²) in [6.07, 6.45) is 0.849. The standard InChI is InChI=1S/C21H26F3NO/c1-5-17-8-7-11-25(13-17)14-20(26,21(22,23)24)19(6-2)18-10-9-15(3)12-16(18)4/h5-6,8-10,12,26H,1,7,11,13-14H2,2-4H3/b19-6+. The molecule has 0 radical (unpaired) electrons. The summed E-state index contributed by atoms with van der Waals surface area (Å²) in [6.45, 7) is 9.20. The summed E-state index contributed by atoms with van der Waals surface area (Å²) in [5.74, 6) is 0. The Morgan fingerprint density at radius 2 is 2.00 bits per heavy atom. The largest absolute Gasteiger partial charge is 0.422 e. The highest BCUT2D eigenvalue weighted by Gasteiger charge is 2.57. The Hall–Kier alpha value is -1.85. The molecule has 1 aromatic rings. The minimum absolute atomic E-state index is 0.0998. The molecule has 0 saturated heterocycles. The fourth-order valence-electron chi connectivity index (χ4n) is 3.50. The predicted octanol–water partition coefficient (Wildman–Crippen LogP) is 4.82. The van der Waals surface area contributed by atoms with Crippen LogP contribution in [0.1, 0.15) is 30.0 Å². The van der Waals surface area contributed by atoms with E-state index in [0.29, 0.717) is 30.6 Å². The quantitative estimate of drug-likeness (QED) is 0.809. The molecule has 0 saturated carbocycles. The van der Waals surface area contributed by atoms with Gasteiger partial charge in [-0.1, -0.05) is 48.6 Å². The number of halogens is 3. The Morgan fingerprint density at radius 1 is 1.31 bits per heavy atom. The van der Waals surface area contributed by atoms with Crippen molar-refractivity contribution in [3.05, 3.63) is 65.3 Å². The van der Waals surface area contributed by atoms with Gasteiger partial charge in [-0.25, -0.2) is 0 Å².